The lowest BCUT2D eigenvalue weighted by molar-refractivity contribution is -0.147. The van der Waals surface area contributed by atoms with Crippen molar-refractivity contribution in [2.75, 3.05) is 6.61 Å². The third-order valence-electron chi connectivity index (χ3n) is 6.49. The molecule has 1 atom stereocenters. The highest BCUT2D eigenvalue weighted by Crippen LogP contribution is 2.60. The van der Waals surface area contributed by atoms with Gasteiger partial charge in [-0.15, -0.1) is 0 Å². The van der Waals surface area contributed by atoms with E-state index < -0.39 is 0 Å². The maximum Gasteiger partial charge on any atom is 0.226 e. The molecule has 3 N–H and O–H groups in total. The van der Waals surface area contributed by atoms with Crippen LogP contribution in [0.25, 0.3) is 0 Å². The minimum Gasteiger partial charge on any atom is -0.508 e. The lowest BCUT2D eigenvalue weighted by atomic mass is 9.49. The number of aliphatic hydroxyl groups excluding tert-OH is 1. The van der Waals surface area contributed by atoms with E-state index in [4.69, 9.17) is 0 Å². The van der Waals surface area contributed by atoms with Crippen molar-refractivity contribution in [2.24, 2.45) is 23.2 Å². The summed E-state index contributed by atoms with van der Waals surface area (Å²) in [6, 6.07) is 6.72. The van der Waals surface area contributed by atoms with Gasteiger partial charge in [-0.05, 0) is 80.4 Å². The molecule has 4 fully saturated rings. The lowest BCUT2D eigenvalue weighted by Gasteiger charge is -2.55. The summed E-state index contributed by atoms with van der Waals surface area (Å²) in [5.41, 5.74) is 0.842. The fraction of sp³-hybridized carbons (Fsp3) is 0.650. The number of benzene rings is 1. The van der Waals surface area contributed by atoms with Gasteiger partial charge in [0.25, 0.3) is 0 Å². The Morgan fingerprint density at radius 1 is 1.08 bits per heavy atom. The number of carbonyl (C=O) groups excluding carboxylic acids is 1. The van der Waals surface area contributed by atoms with E-state index >= 15 is 0 Å². The molecule has 4 aliphatic carbocycles. The number of carbonyl (C=O) groups is 1. The van der Waals surface area contributed by atoms with Gasteiger partial charge < -0.3 is 15.5 Å². The Kier molecular flexibility index (Phi) is 4.03. The van der Waals surface area contributed by atoms with Crippen LogP contribution in [0.5, 0.6) is 5.75 Å². The molecule has 4 nitrogen and oxygen atoms in total. The van der Waals surface area contributed by atoms with Gasteiger partial charge in [0.1, 0.15) is 5.75 Å². The molecule has 5 rings (SSSR count). The number of hydrogen-bond donors (Lipinski definition) is 3. The Morgan fingerprint density at radius 2 is 1.62 bits per heavy atom. The summed E-state index contributed by atoms with van der Waals surface area (Å²) in [7, 11) is 0. The lowest BCUT2D eigenvalue weighted by Crippen LogP contribution is -2.55. The van der Waals surface area contributed by atoms with Crippen LogP contribution >= 0.6 is 0 Å². The van der Waals surface area contributed by atoms with Gasteiger partial charge >= 0.3 is 0 Å². The van der Waals surface area contributed by atoms with Crippen molar-refractivity contribution in [1.82, 2.24) is 5.32 Å². The molecule has 4 aliphatic rings. The number of aliphatic hydroxyl groups is 1. The summed E-state index contributed by atoms with van der Waals surface area (Å²) < 4.78 is 0. The molecule has 0 radical (unpaired) electrons. The van der Waals surface area contributed by atoms with Gasteiger partial charge in [0.05, 0.1) is 12.6 Å². The van der Waals surface area contributed by atoms with E-state index in [1.165, 1.54) is 19.3 Å². The number of amides is 1. The molecule has 130 valence electrons. The zero-order valence-electron chi connectivity index (χ0n) is 14.1. The summed E-state index contributed by atoms with van der Waals surface area (Å²) >= 11 is 0. The molecule has 4 heteroatoms. The van der Waals surface area contributed by atoms with Gasteiger partial charge in [-0.2, -0.15) is 0 Å². The van der Waals surface area contributed by atoms with Crippen molar-refractivity contribution in [3.63, 3.8) is 0 Å². The fourth-order valence-electron chi connectivity index (χ4n) is 5.81. The second kappa shape index (κ2) is 6.07. The topological polar surface area (TPSA) is 69.6 Å². The van der Waals surface area contributed by atoms with Crippen LogP contribution < -0.4 is 5.32 Å². The number of phenolic OH excluding ortho intramolecular Hbond substituents is 1. The molecule has 24 heavy (non-hydrogen) atoms. The van der Waals surface area contributed by atoms with Gasteiger partial charge in [-0.3, -0.25) is 4.79 Å². The van der Waals surface area contributed by atoms with Crippen molar-refractivity contribution in [1.29, 1.82) is 0 Å². The molecular formula is C20H27NO3. The smallest absolute Gasteiger partial charge is 0.226 e. The standard InChI is InChI=1S/C20H27NO3/c22-12-17(8-13-1-3-18(23)4-2-13)21-19(24)20-9-14-5-15(10-20)7-16(6-14)11-20/h1-4,14-17,22-23H,5-12H2,(H,21,24)/t14?,15?,16?,17-,20?/m0/s1. The number of aromatic hydroxyl groups is 1. The average Bonchev–Trinajstić information content (AvgIpc) is 2.55. The van der Waals surface area contributed by atoms with Gasteiger partial charge in [0.15, 0.2) is 0 Å². The Bertz CT molecular complexity index is 575. The number of nitrogens with one attached hydrogen (secondary N) is 1. The summed E-state index contributed by atoms with van der Waals surface area (Å²) in [4.78, 5) is 13.0. The van der Waals surface area contributed by atoms with E-state index in [1.54, 1.807) is 12.1 Å². The van der Waals surface area contributed by atoms with Crippen molar-refractivity contribution in [3.8, 4) is 5.75 Å². The number of hydrogen-bond acceptors (Lipinski definition) is 3. The Labute approximate surface area is 143 Å². The second-order valence-electron chi connectivity index (χ2n) is 8.42. The zero-order valence-corrected chi connectivity index (χ0v) is 14.1. The molecule has 1 aromatic carbocycles. The van der Waals surface area contributed by atoms with Crippen LogP contribution in [0, 0.1) is 23.2 Å². The Hall–Kier alpha value is -1.55. The van der Waals surface area contributed by atoms with E-state index in [9.17, 15) is 15.0 Å². The summed E-state index contributed by atoms with van der Waals surface area (Å²) in [6.45, 7) is -0.0566. The van der Waals surface area contributed by atoms with Crippen LogP contribution in [0.2, 0.25) is 0 Å². The van der Waals surface area contributed by atoms with E-state index in [0.29, 0.717) is 6.42 Å². The first-order valence-corrected chi connectivity index (χ1v) is 9.26. The van der Waals surface area contributed by atoms with Gasteiger partial charge in [-0.1, -0.05) is 12.1 Å². The van der Waals surface area contributed by atoms with Crippen LogP contribution in [-0.2, 0) is 11.2 Å². The van der Waals surface area contributed by atoms with Gasteiger partial charge in [0.2, 0.25) is 5.91 Å². The first-order valence-electron chi connectivity index (χ1n) is 9.26. The fourth-order valence-corrected chi connectivity index (χ4v) is 5.81. The van der Waals surface area contributed by atoms with E-state index in [2.05, 4.69) is 5.32 Å². The van der Waals surface area contributed by atoms with E-state index in [0.717, 1.165) is 42.6 Å². The first-order chi connectivity index (χ1) is 11.6. The molecule has 4 saturated carbocycles. The third kappa shape index (κ3) is 2.92. The van der Waals surface area contributed by atoms with Crippen LogP contribution in [0.15, 0.2) is 24.3 Å². The summed E-state index contributed by atoms with van der Waals surface area (Å²) in [5.74, 6) is 2.63. The molecular weight excluding hydrogens is 302 g/mol. The van der Waals surface area contributed by atoms with Crippen LogP contribution in [0.4, 0.5) is 0 Å². The minimum atomic E-state index is -0.255. The molecule has 0 aromatic heterocycles. The molecule has 1 amide bonds. The monoisotopic (exact) mass is 329 g/mol. The highest BCUT2D eigenvalue weighted by atomic mass is 16.3. The molecule has 0 aliphatic heterocycles. The number of phenols is 1. The number of rotatable bonds is 5. The molecule has 0 unspecified atom stereocenters. The Balaban J connectivity index is 1.43. The quantitative estimate of drug-likeness (QED) is 0.778. The summed E-state index contributed by atoms with van der Waals surface area (Å²) in [5, 5.41) is 22.2. The van der Waals surface area contributed by atoms with Crippen LogP contribution in [0.1, 0.15) is 44.1 Å². The molecule has 0 heterocycles. The van der Waals surface area contributed by atoms with Crippen LogP contribution in [0.3, 0.4) is 0 Å². The maximum absolute atomic E-state index is 13.0. The van der Waals surface area contributed by atoms with Gasteiger partial charge in [0, 0.05) is 5.41 Å². The predicted octanol–water partition coefficient (Wildman–Crippen LogP) is 2.63. The van der Waals surface area contributed by atoms with E-state index in [-0.39, 0.29) is 29.7 Å². The Morgan fingerprint density at radius 3 is 2.12 bits per heavy atom. The normalized spacial score (nSPS) is 35.0. The van der Waals surface area contributed by atoms with Gasteiger partial charge in [-0.25, -0.2) is 0 Å². The van der Waals surface area contributed by atoms with Crippen molar-refractivity contribution in [3.05, 3.63) is 29.8 Å². The van der Waals surface area contributed by atoms with Crippen molar-refractivity contribution < 1.29 is 15.0 Å². The minimum absolute atomic E-state index is 0.0566. The van der Waals surface area contributed by atoms with Crippen molar-refractivity contribution >= 4 is 5.91 Å². The molecule has 4 bridgehead atoms. The molecule has 0 spiro atoms. The third-order valence-corrected chi connectivity index (χ3v) is 6.49. The van der Waals surface area contributed by atoms with Crippen molar-refractivity contribution in [2.45, 2.75) is 51.0 Å². The molecule has 0 saturated heterocycles. The highest BCUT2D eigenvalue weighted by molar-refractivity contribution is 5.83. The largest absolute Gasteiger partial charge is 0.508 e. The average molecular weight is 329 g/mol. The zero-order chi connectivity index (χ0) is 16.7. The maximum atomic E-state index is 13.0. The van der Waals surface area contributed by atoms with Crippen LogP contribution in [-0.4, -0.2) is 28.8 Å². The second-order valence-corrected chi connectivity index (χ2v) is 8.42. The van der Waals surface area contributed by atoms with E-state index in [1.807, 2.05) is 12.1 Å². The predicted molar refractivity (Wildman–Crippen MR) is 91.4 cm³/mol. The SMILES string of the molecule is O=C(N[C@H](CO)Cc1ccc(O)cc1)C12CC3CC(CC(C3)C1)C2. The molecule has 1 aromatic rings. The highest BCUT2D eigenvalue weighted by Gasteiger charge is 2.54. The first kappa shape index (κ1) is 15.9. The summed E-state index contributed by atoms with van der Waals surface area (Å²) in [6.07, 6.45) is 7.69.